The molecule has 0 saturated carbocycles. The zero-order chi connectivity index (χ0) is 24.7. The topological polar surface area (TPSA) is 142 Å². The third-order valence-corrected chi connectivity index (χ3v) is 6.63. The minimum absolute atomic E-state index is 0.0512. The second-order valence-corrected chi connectivity index (χ2v) is 8.77. The molecule has 11 nitrogen and oxygen atoms in total. The Morgan fingerprint density at radius 1 is 1.29 bits per heavy atom. The van der Waals surface area contributed by atoms with Gasteiger partial charge >= 0.3 is 12.1 Å². The molecule has 4 N–H and O–H groups in total. The third-order valence-electron chi connectivity index (χ3n) is 6.63. The first-order valence-electron chi connectivity index (χ1n) is 11.2. The van der Waals surface area contributed by atoms with Crippen LogP contribution >= 0.6 is 0 Å². The lowest BCUT2D eigenvalue weighted by Gasteiger charge is -2.29. The minimum Gasteiger partial charge on any atom is -0.497 e. The molecule has 5 rings (SSSR count). The maximum absolute atomic E-state index is 13.2. The summed E-state index contributed by atoms with van der Waals surface area (Å²) in [6.07, 6.45) is 5.53. The Labute approximate surface area is 200 Å². The predicted molar refractivity (Wildman–Crippen MR) is 124 cm³/mol. The average molecular weight is 479 g/mol. The van der Waals surface area contributed by atoms with Crippen molar-refractivity contribution in [2.45, 2.75) is 12.1 Å². The highest BCUT2D eigenvalue weighted by Crippen LogP contribution is 2.37. The van der Waals surface area contributed by atoms with Crippen molar-refractivity contribution in [3.63, 3.8) is 0 Å². The molecule has 0 bridgehead atoms. The lowest BCUT2D eigenvalue weighted by Crippen LogP contribution is -2.53. The highest BCUT2D eigenvalue weighted by Gasteiger charge is 2.54. The Kier molecular flexibility index (Phi) is 5.46. The van der Waals surface area contributed by atoms with Crippen molar-refractivity contribution in [2.75, 3.05) is 27.2 Å². The molecule has 1 aromatic heterocycles. The number of rotatable bonds is 6. The molecule has 2 unspecified atom stereocenters. The van der Waals surface area contributed by atoms with Gasteiger partial charge in [-0.15, -0.1) is 0 Å². The van der Waals surface area contributed by atoms with Gasteiger partial charge in [0.2, 0.25) is 5.91 Å². The quantitative estimate of drug-likeness (QED) is 0.457. The molecule has 2 aliphatic heterocycles. The highest BCUT2D eigenvalue weighted by molar-refractivity contribution is 6.08. The maximum Gasteiger partial charge on any atom is 0.322 e. The number of fused-ring (bicyclic) bond motifs is 2. The molecule has 35 heavy (non-hydrogen) atoms. The van der Waals surface area contributed by atoms with Gasteiger partial charge in [0.15, 0.2) is 5.54 Å². The average Bonchev–Trinajstić information content (AvgIpc) is 3.50. The van der Waals surface area contributed by atoms with Gasteiger partial charge < -0.3 is 30.0 Å². The van der Waals surface area contributed by atoms with Crippen molar-refractivity contribution in [3.05, 3.63) is 59.6 Å². The zero-order valence-electron chi connectivity index (χ0n) is 19.2. The lowest BCUT2D eigenvalue weighted by atomic mass is 9.91. The molecule has 182 valence electrons. The number of amides is 6. The number of furan rings is 1. The van der Waals surface area contributed by atoms with E-state index in [4.69, 9.17) is 9.15 Å². The maximum atomic E-state index is 13.2. The Balaban J connectivity index is 1.45. The minimum atomic E-state index is -1.57. The number of ether oxygens (including phenoxy) is 1. The summed E-state index contributed by atoms with van der Waals surface area (Å²) < 4.78 is 11.3. The number of hydrogen-bond acceptors (Lipinski definition) is 6. The van der Waals surface area contributed by atoms with E-state index >= 15 is 0 Å². The number of nitrogens with zero attached hydrogens (tertiary/aromatic N) is 1. The van der Waals surface area contributed by atoms with Gasteiger partial charge in [0.1, 0.15) is 17.1 Å². The number of benzene rings is 1. The Bertz CT molecular complexity index is 1300. The number of imide groups is 1. The fourth-order valence-electron chi connectivity index (χ4n) is 4.78. The van der Waals surface area contributed by atoms with E-state index in [1.165, 1.54) is 7.05 Å². The molecule has 6 amide bonds. The van der Waals surface area contributed by atoms with Crippen LogP contribution in [0.5, 0.6) is 0 Å². The number of carbonyl (C=O) groups is 4. The molecule has 1 aliphatic carbocycles. The van der Waals surface area contributed by atoms with Crippen molar-refractivity contribution in [2.24, 2.45) is 11.8 Å². The Morgan fingerprint density at radius 2 is 2.11 bits per heavy atom. The molecular formula is C24H25N5O6. The first-order valence-corrected chi connectivity index (χ1v) is 11.2. The third kappa shape index (κ3) is 3.88. The van der Waals surface area contributed by atoms with Crippen molar-refractivity contribution >= 4 is 34.8 Å². The van der Waals surface area contributed by atoms with Crippen LogP contribution < -0.4 is 21.3 Å². The van der Waals surface area contributed by atoms with Crippen molar-refractivity contribution in [3.8, 4) is 0 Å². The first-order chi connectivity index (χ1) is 16.8. The number of nitrogens with one attached hydrogen (secondary N) is 4. The van der Waals surface area contributed by atoms with E-state index in [0.29, 0.717) is 29.8 Å². The molecule has 11 heteroatoms. The summed E-state index contributed by atoms with van der Waals surface area (Å²) in [4.78, 5) is 51.5. The number of carbonyl (C=O) groups excluding carboxylic acids is 4. The standard InChI is InChI=1S/C24H25N5O6/c1-25-22(32)26-10-13-3-6-18-15(7-13)8-19(35-18)24(21(31)27-23(33)28-24)12-29-11-14-4-5-16(34-2)9-17(14)20(29)30/h3-9,14,17H,10-12H2,1-2H3,(H2,25,26,32)(H2,27,28,31,33)/t14?,17?,24-/m0/s1. The molecule has 3 atom stereocenters. The molecule has 3 heterocycles. The van der Waals surface area contributed by atoms with Gasteiger partial charge in [0, 0.05) is 31.4 Å². The zero-order valence-corrected chi connectivity index (χ0v) is 19.2. The fourth-order valence-corrected chi connectivity index (χ4v) is 4.78. The predicted octanol–water partition coefficient (Wildman–Crippen LogP) is 1.07. The second kappa shape index (κ2) is 8.49. The van der Waals surface area contributed by atoms with Crippen molar-refractivity contribution < 1.29 is 28.3 Å². The molecule has 2 saturated heterocycles. The molecule has 2 aromatic rings. The van der Waals surface area contributed by atoms with Crippen LogP contribution in [0.3, 0.4) is 0 Å². The molecule has 0 spiro atoms. The van der Waals surface area contributed by atoms with E-state index in [1.807, 2.05) is 18.2 Å². The smallest absolute Gasteiger partial charge is 0.322 e. The van der Waals surface area contributed by atoms with Crippen LogP contribution in [0.4, 0.5) is 9.59 Å². The molecule has 2 fully saturated rings. The van der Waals surface area contributed by atoms with Gasteiger partial charge in [-0.3, -0.25) is 14.9 Å². The van der Waals surface area contributed by atoms with E-state index in [-0.39, 0.29) is 30.2 Å². The number of methoxy groups -OCH3 is 1. The Hall–Kier alpha value is -4.28. The van der Waals surface area contributed by atoms with E-state index in [1.54, 1.807) is 36.3 Å². The van der Waals surface area contributed by atoms with E-state index in [2.05, 4.69) is 21.3 Å². The first kappa shape index (κ1) is 22.5. The Morgan fingerprint density at radius 3 is 2.83 bits per heavy atom. The van der Waals surface area contributed by atoms with Gasteiger partial charge in [-0.1, -0.05) is 12.1 Å². The SMILES string of the molecule is CNC(=O)NCc1ccc2oc([C@]3(CN4CC5C=CC(OC)=CC5C4=O)NC(=O)NC3=O)cc2c1. The van der Waals surface area contributed by atoms with Crippen LogP contribution in [0.2, 0.25) is 0 Å². The van der Waals surface area contributed by atoms with Crippen molar-refractivity contribution in [1.29, 1.82) is 0 Å². The largest absolute Gasteiger partial charge is 0.497 e. The highest BCUT2D eigenvalue weighted by atomic mass is 16.5. The van der Waals surface area contributed by atoms with Crippen LogP contribution in [-0.4, -0.2) is 56.0 Å². The number of urea groups is 2. The van der Waals surface area contributed by atoms with Gasteiger partial charge in [0.05, 0.1) is 19.6 Å². The molecule has 3 aliphatic rings. The van der Waals surface area contributed by atoms with Gasteiger partial charge in [-0.2, -0.15) is 0 Å². The summed E-state index contributed by atoms with van der Waals surface area (Å²) in [5.74, 6) is -0.348. The summed E-state index contributed by atoms with van der Waals surface area (Å²) in [6, 6.07) is 6.08. The van der Waals surface area contributed by atoms with Crippen LogP contribution in [0.1, 0.15) is 11.3 Å². The number of allylic oxidation sites excluding steroid dienone is 1. The summed E-state index contributed by atoms with van der Waals surface area (Å²) in [6.45, 7) is 0.618. The number of hydrogen-bond donors (Lipinski definition) is 4. The summed E-state index contributed by atoms with van der Waals surface area (Å²) in [5, 5.41) is 10.9. The van der Waals surface area contributed by atoms with Crippen LogP contribution in [-0.2, 0) is 26.4 Å². The van der Waals surface area contributed by atoms with Crippen LogP contribution in [0.25, 0.3) is 11.0 Å². The van der Waals surface area contributed by atoms with E-state index < -0.39 is 23.4 Å². The monoisotopic (exact) mass is 479 g/mol. The molecular weight excluding hydrogens is 454 g/mol. The van der Waals surface area contributed by atoms with Crippen molar-refractivity contribution in [1.82, 2.24) is 26.2 Å². The summed E-state index contributed by atoms with van der Waals surface area (Å²) in [7, 11) is 3.08. The summed E-state index contributed by atoms with van der Waals surface area (Å²) >= 11 is 0. The van der Waals surface area contributed by atoms with E-state index in [0.717, 1.165) is 5.56 Å². The molecule has 1 aromatic carbocycles. The normalized spacial score (nSPS) is 25.3. The van der Waals surface area contributed by atoms with Crippen LogP contribution in [0, 0.1) is 11.8 Å². The van der Waals surface area contributed by atoms with Gasteiger partial charge in [-0.25, -0.2) is 9.59 Å². The molecule has 0 radical (unpaired) electrons. The second-order valence-electron chi connectivity index (χ2n) is 8.77. The van der Waals surface area contributed by atoms with E-state index in [9.17, 15) is 19.2 Å². The fraction of sp³-hybridized carbons (Fsp3) is 0.333. The van der Waals surface area contributed by atoms with Gasteiger partial charge in [-0.05, 0) is 35.9 Å². The number of likely N-dealkylation sites (tertiary alicyclic amines) is 1. The van der Waals surface area contributed by atoms with Gasteiger partial charge in [0.25, 0.3) is 5.91 Å². The summed E-state index contributed by atoms with van der Waals surface area (Å²) in [5.41, 5.74) is -0.236. The lowest BCUT2D eigenvalue weighted by molar-refractivity contribution is -0.133. The van der Waals surface area contributed by atoms with Crippen LogP contribution in [0.15, 0.2) is 52.7 Å².